The highest BCUT2D eigenvalue weighted by Gasteiger charge is 2.43. The van der Waals surface area contributed by atoms with E-state index < -0.39 is 0 Å². The number of fused-ring (bicyclic) bond motifs is 2. The van der Waals surface area contributed by atoms with Crippen LogP contribution in [0.4, 0.5) is 0 Å². The topological polar surface area (TPSA) is 21.7 Å². The van der Waals surface area contributed by atoms with E-state index in [0.29, 0.717) is 0 Å². The molecule has 20 heavy (non-hydrogen) atoms. The largest absolute Gasteiger partial charge is 0.493 e. The van der Waals surface area contributed by atoms with Gasteiger partial charge in [-0.15, -0.1) is 6.58 Å². The van der Waals surface area contributed by atoms with Crippen molar-refractivity contribution in [3.05, 3.63) is 36.4 Å². The van der Waals surface area contributed by atoms with Crippen LogP contribution in [0.3, 0.4) is 0 Å². The van der Waals surface area contributed by atoms with Crippen LogP contribution in [0.2, 0.25) is 0 Å². The zero-order valence-electron chi connectivity index (χ0n) is 12.2. The minimum atomic E-state index is 0.00544. The zero-order chi connectivity index (χ0) is 14.0. The Morgan fingerprint density at radius 3 is 3.00 bits per heavy atom. The molecule has 2 aliphatic heterocycles. The second-order valence-electron chi connectivity index (χ2n) is 5.89. The Morgan fingerprint density at radius 1 is 1.30 bits per heavy atom. The van der Waals surface area contributed by atoms with Gasteiger partial charge in [0.2, 0.25) is 0 Å². The monoisotopic (exact) mass is 273 g/mol. The molecule has 3 heteroatoms. The average molecular weight is 273 g/mol. The molecule has 0 aromatic heterocycles. The lowest BCUT2D eigenvalue weighted by Crippen LogP contribution is -2.43. The minimum absolute atomic E-state index is 0.00544. The van der Waals surface area contributed by atoms with Crippen molar-refractivity contribution in [1.82, 2.24) is 4.90 Å². The SMILES string of the molecule is C=CCc1ccc(O[C@@]23CCCN(CC2)C3)c(OC)c1. The molecule has 1 aromatic carbocycles. The summed E-state index contributed by atoms with van der Waals surface area (Å²) in [5.41, 5.74) is 1.21. The van der Waals surface area contributed by atoms with Crippen LogP contribution in [0.25, 0.3) is 0 Å². The first-order valence-corrected chi connectivity index (χ1v) is 7.44. The van der Waals surface area contributed by atoms with Gasteiger partial charge >= 0.3 is 0 Å². The van der Waals surface area contributed by atoms with Gasteiger partial charge in [-0.2, -0.15) is 0 Å². The van der Waals surface area contributed by atoms with Crippen LogP contribution >= 0.6 is 0 Å². The van der Waals surface area contributed by atoms with Crippen molar-refractivity contribution >= 4 is 0 Å². The van der Waals surface area contributed by atoms with Gasteiger partial charge in [0.25, 0.3) is 0 Å². The lowest BCUT2D eigenvalue weighted by molar-refractivity contribution is 0.0427. The first kappa shape index (κ1) is 13.5. The molecule has 0 saturated carbocycles. The molecule has 3 nitrogen and oxygen atoms in total. The molecule has 2 bridgehead atoms. The molecule has 2 saturated heterocycles. The van der Waals surface area contributed by atoms with E-state index in [1.807, 2.05) is 12.1 Å². The van der Waals surface area contributed by atoms with Gasteiger partial charge in [0, 0.05) is 19.5 Å². The van der Waals surface area contributed by atoms with Crippen molar-refractivity contribution in [3.8, 4) is 11.5 Å². The summed E-state index contributed by atoms with van der Waals surface area (Å²) in [6.45, 7) is 7.23. The van der Waals surface area contributed by atoms with Gasteiger partial charge in [-0.3, -0.25) is 4.90 Å². The van der Waals surface area contributed by atoms with E-state index >= 15 is 0 Å². The van der Waals surface area contributed by atoms with Crippen molar-refractivity contribution in [2.75, 3.05) is 26.7 Å². The zero-order valence-corrected chi connectivity index (χ0v) is 12.2. The summed E-state index contributed by atoms with van der Waals surface area (Å²) in [4.78, 5) is 2.50. The Morgan fingerprint density at radius 2 is 2.20 bits per heavy atom. The Balaban J connectivity index is 1.81. The fourth-order valence-corrected chi connectivity index (χ4v) is 3.40. The van der Waals surface area contributed by atoms with E-state index in [9.17, 15) is 0 Å². The number of allylic oxidation sites excluding steroid dienone is 1. The maximum absolute atomic E-state index is 6.40. The van der Waals surface area contributed by atoms with Crippen molar-refractivity contribution in [2.24, 2.45) is 0 Å². The second-order valence-corrected chi connectivity index (χ2v) is 5.89. The minimum Gasteiger partial charge on any atom is -0.493 e. The van der Waals surface area contributed by atoms with Gasteiger partial charge in [-0.05, 0) is 43.5 Å². The van der Waals surface area contributed by atoms with Crippen molar-refractivity contribution < 1.29 is 9.47 Å². The summed E-state index contributed by atoms with van der Waals surface area (Å²) in [5.74, 6) is 1.71. The molecule has 2 fully saturated rings. The molecular formula is C17H23NO2. The van der Waals surface area contributed by atoms with Gasteiger partial charge < -0.3 is 9.47 Å². The number of benzene rings is 1. The normalized spacial score (nSPS) is 28.1. The van der Waals surface area contributed by atoms with Gasteiger partial charge in [0.1, 0.15) is 5.60 Å². The lowest BCUT2D eigenvalue weighted by atomic mass is 9.94. The number of methoxy groups -OCH3 is 1. The maximum Gasteiger partial charge on any atom is 0.162 e. The molecule has 0 radical (unpaired) electrons. The van der Waals surface area contributed by atoms with Crippen LogP contribution in [0.5, 0.6) is 11.5 Å². The van der Waals surface area contributed by atoms with Crippen LogP contribution in [0.1, 0.15) is 24.8 Å². The molecule has 0 N–H and O–H groups in total. The number of piperidine rings is 1. The van der Waals surface area contributed by atoms with Gasteiger partial charge in [0.05, 0.1) is 7.11 Å². The van der Waals surface area contributed by atoms with E-state index in [2.05, 4.69) is 23.6 Å². The number of rotatable bonds is 5. The Bertz CT molecular complexity index is 496. The molecule has 2 atom stereocenters. The summed E-state index contributed by atoms with van der Waals surface area (Å²) in [7, 11) is 1.71. The number of hydrogen-bond acceptors (Lipinski definition) is 3. The third-order valence-electron chi connectivity index (χ3n) is 4.44. The fraction of sp³-hybridized carbons (Fsp3) is 0.529. The van der Waals surface area contributed by atoms with Crippen LogP contribution in [-0.4, -0.2) is 37.2 Å². The molecule has 0 amide bonds. The smallest absolute Gasteiger partial charge is 0.162 e. The van der Waals surface area contributed by atoms with Crippen LogP contribution in [0, 0.1) is 0 Å². The highest BCUT2D eigenvalue weighted by atomic mass is 16.5. The van der Waals surface area contributed by atoms with Crippen LogP contribution < -0.4 is 9.47 Å². The third kappa shape index (κ3) is 2.55. The summed E-state index contributed by atoms with van der Waals surface area (Å²) in [6, 6.07) is 6.21. The fourth-order valence-electron chi connectivity index (χ4n) is 3.40. The van der Waals surface area contributed by atoms with E-state index in [1.165, 1.54) is 18.5 Å². The van der Waals surface area contributed by atoms with E-state index in [-0.39, 0.29) is 5.60 Å². The molecule has 2 heterocycles. The average Bonchev–Trinajstić information content (AvgIpc) is 2.75. The quantitative estimate of drug-likeness (QED) is 0.770. The highest BCUT2D eigenvalue weighted by molar-refractivity contribution is 5.44. The summed E-state index contributed by atoms with van der Waals surface area (Å²) < 4.78 is 11.9. The molecule has 1 unspecified atom stereocenters. The van der Waals surface area contributed by atoms with Crippen molar-refractivity contribution in [3.63, 3.8) is 0 Å². The van der Waals surface area contributed by atoms with E-state index in [1.54, 1.807) is 7.11 Å². The predicted octanol–water partition coefficient (Wildman–Crippen LogP) is 3.04. The second kappa shape index (κ2) is 5.49. The highest BCUT2D eigenvalue weighted by Crippen LogP contribution is 2.39. The standard InChI is InChI=1S/C17H23NO2/c1-3-5-14-6-7-15(16(12-14)19-2)20-17-8-4-10-18(13-17)11-9-17/h3,6-7,12H,1,4-5,8-11,13H2,2H3/t17-/m0/s1. The number of nitrogens with zero attached hydrogens (tertiary/aromatic N) is 1. The van der Waals surface area contributed by atoms with Gasteiger partial charge in [0.15, 0.2) is 11.5 Å². The lowest BCUT2D eigenvalue weighted by Gasteiger charge is -2.35. The summed E-state index contributed by atoms with van der Waals surface area (Å²) in [6.07, 6.45) is 6.28. The molecule has 2 aliphatic rings. The van der Waals surface area contributed by atoms with Crippen LogP contribution in [0.15, 0.2) is 30.9 Å². The Hall–Kier alpha value is -1.48. The first-order valence-electron chi connectivity index (χ1n) is 7.44. The Labute approximate surface area is 121 Å². The number of hydrogen-bond donors (Lipinski definition) is 0. The molecule has 0 spiro atoms. The van der Waals surface area contributed by atoms with Crippen LogP contribution in [-0.2, 0) is 6.42 Å². The van der Waals surface area contributed by atoms with Gasteiger partial charge in [-0.25, -0.2) is 0 Å². The Kier molecular flexibility index (Phi) is 3.70. The summed E-state index contributed by atoms with van der Waals surface area (Å²) >= 11 is 0. The predicted molar refractivity (Wildman–Crippen MR) is 80.5 cm³/mol. The maximum atomic E-state index is 6.40. The van der Waals surface area contributed by atoms with E-state index in [4.69, 9.17) is 9.47 Å². The molecule has 108 valence electrons. The molecular weight excluding hydrogens is 250 g/mol. The first-order chi connectivity index (χ1) is 9.74. The van der Waals surface area contributed by atoms with Gasteiger partial charge in [-0.1, -0.05) is 12.1 Å². The number of ether oxygens (including phenoxy) is 2. The molecule has 1 aromatic rings. The third-order valence-corrected chi connectivity index (χ3v) is 4.44. The molecule has 3 rings (SSSR count). The van der Waals surface area contributed by atoms with Crippen molar-refractivity contribution in [1.29, 1.82) is 0 Å². The summed E-state index contributed by atoms with van der Waals surface area (Å²) in [5, 5.41) is 0. The van der Waals surface area contributed by atoms with Crippen molar-refractivity contribution in [2.45, 2.75) is 31.3 Å². The molecule has 0 aliphatic carbocycles. The van der Waals surface area contributed by atoms with E-state index in [0.717, 1.165) is 43.9 Å².